The molecule has 0 N–H and O–H groups in total. The molecule has 1 aromatic rings. The van der Waals surface area contributed by atoms with Crippen LogP contribution in [0.15, 0.2) is 24.3 Å². The second-order valence-corrected chi connectivity index (χ2v) is 8.25. The van der Waals surface area contributed by atoms with E-state index in [9.17, 15) is 8.42 Å². The van der Waals surface area contributed by atoms with Crippen LogP contribution in [0.5, 0.6) is 5.75 Å². The van der Waals surface area contributed by atoms with E-state index in [1.54, 1.807) is 24.3 Å². The maximum atomic E-state index is 11.4. The summed E-state index contributed by atoms with van der Waals surface area (Å²) in [5.74, 6) is 0.515. The summed E-state index contributed by atoms with van der Waals surface area (Å²) >= 11 is 5.89. The molecule has 1 heterocycles. The summed E-state index contributed by atoms with van der Waals surface area (Å²) < 4.78 is 33.8. The lowest BCUT2D eigenvalue weighted by molar-refractivity contribution is 0.00228. The molecule has 0 amide bonds. The van der Waals surface area contributed by atoms with E-state index in [1.165, 1.54) is 0 Å². The van der Waals surface area contributed by atoms with E-state index in [0.717, 1.165) is 0 Å². The van der Waals surface area contributed by atoms with Crippen molar-refractivity contribution in [3.8, 4) is 5.75 Å². The molecule has 20 heavy (non-hydrogen) atoms. The number of benzene rings is 1. The first kappa shape index (κ1) is 15.9. The van der Waals surface area contributed by atoms with Gasteiger partial charge in [-0.15, -0.1) is 0 Å². The molecule has 1 aliphatic rings. The van der Waals surface area contributed by atoms with Gasteiger partial charge in [-0.3, -0.25) is 0 Å². The van der Waals surface area contributed by atoms with E-state index in [0.29, 0.717) is 36.8 Å². The van der Waals surface area contributed by atoms with Crippen molar-refractivity contribution >= 4 is 31.3 Å². The molecule has 0 saturated carbocycles. The van der Waals surface area contributed by atoms with Crippen LogP contribution < -0.4 is 4.74 Å². The molecular weight excluding hydrogens is 323 g/mol. The Bertz CT molecular complexity index is 553. The molecule has 0 unspecified atom stereocenters. The van der Waals surface area contributed by atoms with Crippen molar-refractivity contribution in [2.45, 2.75) is 12.8 Å². The average molecular weight is 339 g/mol. The van der Waals surface area contributed by atoms with E-state index in [-0.39, 0.29) is 12.4 Å². The highest BCUT2D eigenvalue weighted by molar-refractivity contribution is 8.13. The molecule has 0 spiro atoms. The Morgan fingerprint density at radius 1 is 1.30 bits per heavy atom. The Morgan fingerprint density at radius 3 is 2.60 bits per heavy atom. The number of ether oxygens (including phenoxy) is 2. The summed E-state index contributed by atoms with van der Waals surface area (Å²) in [5, 5.41) is 0.577. The van der Waals surface area contributed by atoms with Crippen molar-refractivity contribution in [1.82, 2.24) is 0 Å². The van der Waals surface area contributed by atoms with Gasteiger partial charge in [0.1, 0.15) is 5.75 Å². The third kappa shape index (κ3) is 4.81. The molecule has 1 aromatic carbocycles. The fourth-order valence-electron chi connectivity index (χ4n) is 2.29. The van der Waals surface area contributed by atoms with Crippen LogP contribution in [0.25, 0.3) is 0 Å². The Kier molecular flexibility index (Phi) is 5.18. The zero-order chi connectivity index (χ0) is 14.6. The van der Waals surface area contributed by atoms with Crippen molar-refractivity contribution in [1.29, 1.82) is 0 Å². The first-order chi connectivity index (χ1) is 9.39. The quantitative estimate of drug-likeness (QED) is 0.774. The van der Waals surface area contributed by atoms with Crippen LogP contribution in [0, 0.1) is 5.41 Å². The lowest BCUT2D eigenvalue weighted by Gasteiger charge is -2.35. The van der Waals surface area contributed by atoms with Crippen LogP contribution in [-0.2, 0) is 13.8 Å². The van der Waals surface area contributed by atoms with Gasteiger partial charge < -0.3 is 9.47 Å². The second-order valence-electron chi connectivity index (χ2n) is 5.04. The molecule has 4 nitrogen and oxygen atoms in total. The van der Waals surface area contributed by atoms with Crippen molar-refractivity contribution in [3.63, 3.8) is 0 Å². The highest BCUT2D eigenvalue weighted by Crippen LogP contribution is 2.34. The monoisotopic (exact) mass is 338 g/mol. The van der Waals surface area contributed by atoms with Gasteiger partial charge in [0.2, 0.25) is 9.05 Å². The number of hydrogen-bond acceptors (Lipinski definition) is 4. The lowest BCUT2D eigenvalue weighted by Crippen LogP contribution is -2.40. The number of hydrogen-bond donors (Lipinski definition) is 0. The average Bonchev–Trinajstić information content (AvgIpc) is 2.36. The van der Waals surface area contributed by atoms with Gasteiger partial charge in [-0.25, -0.2) is 8.42 Å². The van der Waals surface area contributed by atoms with Gasteiger partial charge in [0.05, 0.1) is 12.4 Å². The molecule has 1 saturated heterocycles. The zero-order valence-corrected chi connectivity index (χ0v) is 13.2. The summed E-state index contributed by atoms with van der Waals surface area (Å²) in [5.41, 5.74) is -0.499. The van der Waals surface area contributed by atoms with Gasteiger partial charge in [-0.2, -0.15) is 0 Å². The summed E-state index contributed by atoms with van der Waals surface area (Å²) in [6.45, 7) is 1.32. The van der Waals surface area contributed by atoms with E-state index < -0.39 is 14.5 Å². The molecule has 0 aromatic heterocycles. The first-order valence-electron chi connectivity index (χ1n) is 6.27. The molecule has 0 atom stereocenters. The molecule has 0 aliphatic carbocycles. The van der Waals surface area contributed by atoms with Crippen LogP contribution in [-0.4, -0.2) is 34.0 Å². The largest absolute Gasteiger partial charge is 0.493 e. The molecule has 0 bridgehead atoms. The van der Waals surface area contributed by atoms with Crippen LogP contribution in [0.2, 0.25) is 5.02 Å². The normalized spacial score (nSPS) is 18.7. The Labute approximate surface area is 128 Å². The maximum Gasteiger partial charge on any atom is 0.233 e. The van der Waals surface area contributed by atoms with E-state index in [2.05, 4.69) is 0 Å². The van der Waals surface area contributed by atoms with E-state index in [4.69, 9.17) is 31.8 Å². The predicted octanol–water partition coefficient (Wildman–Crippen LogP) is 3.08. The van der Waals surface area contributed by atoms with Gasteiger partial charge in [-0.1, -0.05) is 17.7 Å². The SMILES string of the molecule is O=S(=O)(Cl)CC1(COc2cccc(Cl)c2)CCOCC1. The molecule has 1 fully saturated rings. The van der Waals surface area contributed by atoms with Gasteiger partial charge in [0.25, 0.3) is 0 Å². The maximum absolute atomic E-state index is 11.4. The third-order valence-corrected chi connectivity index (χ3v) is 4.89. The van der Waals surface area contributed by atoms with E-state index >= 15 is 0 Å². The molecule has 0 radical (unpaired) electrons. The molecule has 112 valence electrons. The highest BCUT2D eigenvalue weighted by atomic mass is 35.7. The highest BCUT2D eigenvalue weighted by Gasteiger charge is 2.37. The zero-order valence-electron chi connectivity index (χ0n) is 10.8. The minimum atomic E-state index is -3.58. The summed E-state index contributed by atoms with van der Waals surface area (Å²) in [6, 6.07) is 7.02. The van der Waals surface area contributed by atoms with Gasteiger partial charge in [0.15, 0.2) is 0 Å². The van der Waals surface area contributed by atoms with Crippen LogP contribution in [0.4, 0.5) is 0 Å². The smallest absolute Gasteiger partial charge is 0.233 e. The van der Waals surface area contributed by atoms with Gasteiger partial charge in [0, 0.05) is 34.3 Å². The predicted molar refractivity (Wildman–Crippen MR) is 79.1 cm³/mol. The fourth-order valence-corrected chi connectivity index (χ4v) is 4.27. The number of halogens is 2. The first-order valence-corrected chi connectivity index (χ1v) is 9.13. The Morgan fingerprint density at radius 2 is 2.00 bits per heavy atom. The molecule has 1 aliphatic heterocycles. The topological polar surface area (TPSA) is 52.6 Å². The third-order valence-electron chi connectivity index (χ3n) is 3.37. The van der Waals surface area contributed by atoms with E-state index in [1.807, 2.05) is 0 Å². The van der Waals surface area contributed by atoms with Crippen LogP contribution >= 0.6 is 22.3 Å². The Hall–Kier alpha value is -0.490. The van der Waals surface area contributed by atoms with Crippen LogP contribution in [0.3, 0.4) is 0 Å². The Balaban J connectivity index is 2.08. The van der Waals surface area contributed by atoms with Gasteiger partial charge >= 0.3 is 0 Å². The van der Waals surface area contributed by atoms with Crippen molar-refractivity contribution in [3.05, 3.63) is 29.3 Å². The van der Waals surface area contributed by atoms with Crippen molar-refractivity contribution in [2.24, 2.45) is 5.41 Å². The van der Waals surface area contributed by atoms with Crippen molar-refractivity contribution in [2.75, 3.05) is 25.6 Å². The van der Waals surface area contributed by atoms with Gasteiger partial charge in [-0.05, 0) is 31.0 Å². The molecule has 7 heteroatoms. The summed E-state index contributed by atoms with van der Waals surface area (Å²) in [7, 11) is 1.83. The van der Waals surface area contributed by atoms with Crippen molar-refractivity contribution < 1.29 is 17.9 Å². The molecule has 2 rings (SSSR count). The standard InChI is InChI=1S/C13H16Cl2O4S/c14-11-2-1-3-12(8-11)19-9-13(10-20(15,16)17)4-6-18-7-5-13/h1-3,8H,4-7,9-10H2. The lowest BCUT2D eigenvalue weighted by atomic mass is 9.83. The minimum absolute atomic E-state index is 0.106. The summed E-state index contributed by atoms with van der Waals surface area (Å²) in [4.78, 5) is 0. The minimum Gasteiger partial charge on any atom is -0.493 e. The second kappa shape index (κ2) is 6.52. The molecular formula is C13H16Cl2O4S. The number of rotatable bonds is 5. The van der Waals surface area contributed by atoms with Crippen LogP contribution in [0.1, 0.15) is 12.8 Å². The summed E-state index contributed by atoms with van der Waals surface area (Å²) in [6.07, 6.45) is 1.22. The fraction of sp³-hybridized carbons (Fsp3) is 0.538.